The SMILES string of the molecule is CC1CCCC(OC(=O)C2(CN)CCCCCC2)C1. The van der Waals surface area contributed by atoms with Gasteiger partial charge in [-0.2, -0.15) is 0 Å². The van der Waals surface area contributed by atoms with Gasteiger partial charge in [0, 0.05) is 6.54 Å². The van der Waals surface area contributed by atoms with Crippen molar-refractivity contribution in [3.8, 4) is 0 Å². The van der Waals surface area contributed by atoms with E-state index in [0.29, 0.717) is 12.5 Å². The normalized spacial score (nSPS) is 31.5. The van der Waals surface area contributed by atoms with Crippen LogP contribution < -0.4 is 5.73 Å². The summed E-state index contributed by atoms with van der Waals surface area (Å²) in [6, 6.07) is 0. The van der Waals surface area contributed by atoms with Crippen LogP contribution >= 0.6 is 0 Å². The largest absolute Gasteiger partial charge is 0.462 e. The van der Waals surface area contributed by atoms with E-state index in [1.165, 1.54) is 25.7 Å². The van der Waals surface area contributed by atoms with Crippen LogP contribution in [0.15, 0.2) is 0 Å². The van der Waals surface area contributed by atoms with E-state index in [1.54, 1.807) is 0 Å². The zero-order valence-corrected chi connectivity index (χ0v) is 12.3. The molecule has 2 aliphatic rings. The van der Waals surface area contributed by atoms with E-state index in [2.05, 4.69) is 6.92 Å². The minimum absolute atomic E-state index is 0.00370. The molecule has 3 nitrogen and oxygen atoms in total. The second kappa shape index (κ2) is 6.74. The Hall–Kier alpha value is -0.570. The molecule has 0 radical (unpaired) electrons. The molecule has 2 unspecified atom stereocenters. The lowest BCUT2D eigenvalue weighted by Crippen LogP contribution is -2.42. The van der Waals surface area contributed by atoms with Gasteiger partial charge in [-0.1, -0.05) is 39.0 Å². The molecule has 2 rings (SSSR count). The Bertz CT molecular complexity index is 295. The van der Waals surface area contributed by atoms with Gasteiger partial charge in [-0.25, -0.2) is 0 Å². The Labute approximate surface area is 117 Å². The highest BCUT2D eigenvalue weighted by atomic mass is 16.5. The van der Waals surface area contributed by atoms with Crippen LogP contribution in [0.2, 0.25) is 0 Å². The van der Waals surface area contributed by atoms with E-state index in [1.807, 2.05) is 0 Å². The first-order chi connectivity index (χ1) is 9.16. The number of carbonyl (C=O) groups is 1. The summed E-state index contributed by atoms with van der Waals surface area (Å²) in [6.07, 6.45) is 11.2. The van der Waals surface area contributed by atoms with Crippen LogP contribution in [0, 0.1) is 11.3 Å². The monoisotopic (exact) mass is 267 g/mol. The van der Waals surface area contributed by atoms with Crippen LogP contribution in [0.5, 0.6) is 0 Å². The summed E-state index contributed by atoms with van der Waals surface area (Å²) in [7, 11) is 0. The summed E-state index contributed by atoms with van der Waals surface area (Å²) in [5.74, 6) is 0.686. The van der Waals surface area contributed by atoms with Gasteiger partial charge in [0.1, 0.15) is 6.10 Å². The van der Waals surface area contributed by atoms with Gasteiger partial charge in [0.15, 0.2) is 0 Å². The molecule has 0 bridgehead atoms. The molecule has 2 saturated carbocycles. The topological polar surface area (TPSA) is 52.3 Å². The van der Waals surface area contributed by atoms with Crippen molar-refractivity contribution in [1.82, 2.24) is 0 Å². The van der Waals surface area contributed by atoms with Gasteiger partial charge in [-0.3, -0.25) is 4.79 Å². The van der Waals surface area contributed by atoms with Gasteiger partial charge in [0.25, 0.3) is 0 Å². The van der Waals surface area contributed by atoms with Crippen LogP contribution in [0.1, 0.15) is 71.1 Å². The zero-order valence-electron chi connectivity index (χ0n) is 12.3. The molecular formula is C16H29NO2. The molecule has 0 aliphatic heterocycles. The molecule has 3 heteroatoms. The lowest BCUT2D eigenvalue weighted by molar-refractivity contribution is -0.164. The summed E-state index contributed by atoms with van der Waals surface area (Å²) >= 11 is 0. The van der Waals surface area contributed by atoms with Crippen LogP contribution in [0.3, 0.4) is 0 Å². The first-order valence-electron chi connectivity index (χ1n) is 8.07. The van der Waals surface area contributed by atoms with Gasteiger partial charge in [-0.05, 0) is 38.0 Å². The van der Waals surface area contributed by atoms with Crippen molar-refractivity contribution in [3.63, 3.8) is 0 Å². The molecule has 110 valence electrons. The summed E-state index contributed by atoms with van der Waals surface area (Å²) in [6.45, 7) is 2.71. The summed E-state index contributed by atoms with van der Waals surface area (Å²) in [5.41, 5.74) is 5.56. The lowest BCUT2D eigenvalue weighted by Gasteiger charge is -2.33. The minimum Gasteiger partial charge on any atom is -0.462 e. The molecule has 0 aromatic rings. The molecule has 0 saturated heterocycles. The molecule has 2 aliphatic carbocycles. The Morgan fingerprint density at radius 3 is 2.42 bits per heavy atom. The van der Waals surface area contributed by atoms with Crippen molar-refractivity contribution in [2.45, 2.75) is 77.2 Å². The highest BCUT2D eigenvalue weighted by Crippen LogP contribution is 2.37. The first kappa shape index (κ1) is 14.8. The van der Waals surface area contributed by atoms with Gasteiger partial charge in [0.2, 0.25) is 0 Å². The predicted molar refractivity (Wildman–Crippen MR) is 76.7 cm³/mol. The maximum absolute atomic E-state index is 12.6. The average Bonchev–Trinajstić information content (AvgIpc) is 2.65. The van der Waals surface area contributed by atoms with Crippen LogP contribution in [-0.2, 0) is 9.53 Å². The van der Waals surface area contributed by atoms with E-state index in [-0.39, 0.29) is 17.5 Å². The third-order valence-corrected chi connectivity index (χ3v) is 5.05. The van der Waals surface area contributed by atoms with Crippen molar-refractivity contribution >= 4 is 5.97 Å². The number of esters is 1. The predicted octanol–water partition coefficient (Wildman–Crippen LogP) is 3.41. The summed E-state index contributed by atoms with van der Waals surface area (Å²) in [4.78, 5) is 12.6. The number of ether oxygens (including phenoxy) is 1. The fourth-order valence-corrected chi connectivity index (χ4v) is 3.66. The van der Waals surface area contributed by atoms with Crippen molar-refractivity contribution in [2.24, 2.45) is 17.1 Å². The second-order valence-electron chi connectivity index (χ2n) is 6.70. The van der Waals surface area contributed by atoms with Crippen molar-refractivity contribution in [1.29, 1.82) is 0 Å². The lowest BCUT2D eigenvalue weighted by atomic mass is 9.80. The Morgan fingerprint density at radius 1 is 1.16 bits per heavy atom. The van der Waals surface area contributed by atoms with Gasteiger partial charge in [-0.15, -0.1) is 0 Å². The molecule has 0 aromatic carbocycles. The molecule has 19 heavy (non-hydrogen) atoms. The molecule has 2 atom stereocenters. The van der Waals surface area contributed by atoms with E-state index >= 15 is 0 Å². The standard InChI is InChI=1S/C16H29NO2/c1-13-7-6-8-14(11-13)19-15(18)16(12-17)9-4-2-3-5-10-16/h13-14H,2-12,17H2,1H3. The first-order valence-corrected chi connectivity index (χ1v) is 8.07. The fourth-order valence-electron chi connectivity index (χ4n) is 3.66. The minimum atomic E-state index is -0.378. The average molecular weight is 267 g/mol. The van der Waals surface area contributed by atoms with Crippen LogP contribution in [0.25, 0.3) is 0 Å². The highest BCUT2D eigenvalue weighted by Gasteiger charge is 2.40. The van der Waals surface area contributed by atoms with E-state index in [4.69, 9.17) is 10.5 Å². The van der Waals surface area contributed by atoms with E-state index < -0.39 is 0 Å². The van der Waals surface area contributed by atoms with Crippen molar-refractivity contribution < 1.29 is 9.53 Å². The maximum atomic E-state index is 12.6. The van der Waals surface area contributed by atoms with Crippen molar-refractivity contribution in [3.05, 3.63) is 0 Å². The molecule has 2 fully saturated rings. The fraction of sp³-hybridized carbons (Fsp3) is 0.938. The van der Waals surface area contributed by atoms with Gasteiger partial charge in [0.05, 0.1) is 5.41 Å². The summed E-state index contributed by atoms with van der Waals surface area (Å²) < 4.78 is 5.83. The van der Waals surface area contributed by atoms with Gasteiger partial charge >= 0.3 is 5.97 Å². The molecule has 2 N–H and O–H groups in total. The second-order valence-corrected chi connectivity index (χ2v) is 6.70. The zero-order chi connectivity index (χ0) is 13.7. The van der Waals surface area contributed by atoms with E-state index in [9.17, 15) is 4.79 Å². The molecule has 0 heterocycles. The Kier molecular flexibility index (Phi) is 5.26. The highest BCUT2D eigenvalue weighted by molar-refractivity contribution is 5.77. The smallest absolute Gasteiger partial charge is 0.313 e. The number of nitrogens with two attached hydrogens (primary N) is 1. The number of hydrogen-bond donors (Lipinski definition) is 1. The molecule has 0 amide bonds. The number of carbonyl (C=O) groups excluding carboxylic acids is 1. The number of hydrogen-bond acceptors (Lipinski definition) is 3. The number of rotatable bonds is 3. The quantitative estimate of drug-likeness (QED) is 0.630. The summed E-state index contributed by atoms with van der Waals surface area (Å²) in [5, 5.41) is 0. The van der Waals surface area contributed by atoms with E-state index in [0.717, 1.165) is 38.5 Å². The van der Waals surface area contributed by atoms with Crippen LogP contribution in [-0.4, -0.2) is 18.6 Å². The van der Waals surface area contributed by atoms with Crippen molar-refractivity contribution in [2.75, 3.05) is 6.54 Å². The van der Waals surface area contributed by atoms with Gasteiger partial charge < -0.3 is 10.5 Å². The third kappa shape index (κ3) is 3.71. The third-order valence-electron chi connectivity index (χ3n) is 5.05. The Morgan fingerprint density at radius 2 is 1.84 bits per heavy atom. The van der Waals surface area contributed by atoms with Crippen LogP contribution in [0.4, 0.5) is 0 Å². The molecule has 0 aromatic heterocycles. The molecule has 0 spiro atoms. The Balaban J connectivity index is 1.95. The maximum Gasteiger partial charge on any atom is 0.313 e. The molecular weight excluding hydrogens is 238 g/mol.